The standard InChI is InChI=1S/C18H17ClN4OS/c19-13-8-12-2-1-5-21-16(12)14(9-13)17(24)23-18-22-10-15(25-18)11-3-6-20-7-4-11/h1-2,5,8-11,20H,3-4,6-7H2,(H,22,23,24). The van der Waals surface area contributed by atoms with E-state index in [2.05, 4.69) is 20.6 Å². The summed E-state index contributed by atoms with van der Waals surface area (Å²) in [6.07, 6.45) is 5.77. The van der Waals surface area contributed by atoms with Gasteiger partial charge < -0.3 is 5.32 Å². The van der Waals surface area contributed by atoms with Gasteiger partial charge in [0.1, 0.15) is 0 Å². The Balaban J connectivity index is 1.57. The molecular formula is C18H17ClN4OS. The molecule has 1 aliphatic rings. The summed E-state index contributed by atoms with van der Waals surface area (Å²) in [7, 11) is 0. The Morgan fingerprint density at radius 2 is 2.12 bits per heavy atom. The van der Waals surface area contributed by atoms with Gasteiger partial charge in [-0.15, -0.1) is 11.3 Å². The molecule has 1 amide bonds. The van der Waals surface area contributed by atoms with Gasteiger partial charge in [0, 0.05) is 27.7 Å². The van der Waals surface area contributed by atoms with Gasteiger partial charge in [-0.1, -0.05) is 17.7 Å². The number of hydrogen-bond acceptors (Lipinski definition) is 5. The molecule has 0 aliphatic carbocycles. The predicted octanol–water partition coefficient (Wildman–Crippen LogP) is 4.06. The molecule has 4 rings (SSSR count). The number of aromatic nitrogens is 2. The zero-order chi connectivity index (χ0) is 17.2. The minimum absolute atomic E-state index is 0.239. The molecule has 3 heterocycles. The van der Waals surface area contributed by atoms with Crippen LogP contribution in [0.15, 0.2) is 36.7 Å². The van der Waals surface area contributed by atoms with Crippen molar-refractivity contribution >= 4 is 44.9 Å². The van der Waals surface area contributed by atoms with Crippen LogP contribution in [0.3, 0.4) is 0 Å². The number of rotatable bonds is 3. The Kier molecular flexibility index (Phi) is 4.65. The van der Waals surface area contributed by atoms with Crippen LogP contribution in [0, 0.1) is 0 Å². The van der Waals surface area contributed by atoms with Crippen molar-refractivity contribution in [2.24, 2.45) is 0 Å². The quantitative estimate of drug-likeness (QED) is 0.727. The number of benzene rings is 1. The lowest BCUT2D eigenvalue weighted by Gasteiger charge is -2.20. The fraction of sp³-hybridized carbons (Fsp3) is 0.278. The number of fused-ring (bicyclic) bond motifs is 1. The van der Waals surface area contributed by atoms with Crippen molar-refractivity contribution in [3.05, 3.63) is 52.1 Å². The maximum Gasteiger partial charge on any atom is 0.259 e. The summed E-state index contributed by atoms with van der Waals surface area (Å²) in [4.78, 5) is 22.6. The van der Waals surface area contributed by atoms with Crippen LogP contribution in [-0.2, 0) is 0 Å². The summed E-state index contributed by atoms with van der Waals surface area (Å²) in [5, 5.41) is 8.22. The van der Waals surface area contributed by atoms with Crippen molar-refractivity contribution in [2.45, 2.75) is 18.8 Å². The number of nitrogens with zero attached hydrogens (tertiary/aromatic N) is 2. The van der Waals surface area contributed by atoms with E-state index in [1.807, 2.05) is 18.3 Å². The van der Waals surface area contributed by atoms with Crippen LogP contribution in [0.2, 0.25) is 5.02 Å². The number of carbonyl (C=O) groups excluding carboxylic acids is 1. The molecule has 0 radical (unpaired) electrons. The van der Waals surface area contributed by atoms with Crippen LogP contribution >= 0.6 is 22.9 Å². The number of anilines is 1. The maximum atomic E-state index is 12.7. The number of hydrogen-bond donors (Lipinski definition) is 2. The van der Waals surface area contributed by atoms with Gasteiger partial charge >= 0.3 is 0 Å². The predicted molar refractivity (Wildman–Crippen MR) is 102 cm³/mol. The second-order valence-corrected chi connectivity index (χ2v) is 7.57. The molecule has 2 N–H and O–H groups in total. The number of piperidine rings is 1. The lowest BCUT2D eigenvalue weighted by Crippen LogP contribution is -2.26. The first-order chi connectivity index (χ1) is 12.2. The normalized spacial score (nSPS) is 15.4. The summed E-state index contributed by atoms with van der Waals surface area (Å²) >= 11 is 7.70. The molecule has 1 aromatic carbocycles. The van der Waals surface area contributed by atoms with Crippen molar-refractivity contribution in [3.63, 3.8) is 0 Å². The van der Waals surface area contributed by atoms with E-state index >= 15 is 0 Å². The van der Waals surface area contributed by atoms with E-state index in [4.69, 9.17) is 11.6 Å². The molecular weight excluding hydrogens is 356 g/mol. The van der Waals surface area contributed by atoms with Crippen LogP contribution in [0.5, 0.6) is 0 Å². The number of nitrogens with one attached hydrogen (secondary N) is 2. The van der Waals surface area contributed by atoms with Gasteiger partial charge in [-0.25, -0.2) is 4.98 Å². The second kappa shape index (κ2) is 7.07. The number of amides is 1. The van der Waals surface area contributed by atoms with Gasteiger partial charge in [0.2, 0.25) is 0 Å². The number of halogens is 1. The van der Waals surface area contributed by atoms with E-state index in [0.29, 0.717) is 27.2 Å². The Labute approximate surface area is 154 Å². The summed E-state index contributed by atoms with van der Waals surface area (Å²) < 4.78 is 0. The van der Waals surface area contributed by atoms with E-state index < -0.39 is 0 Å². The van der Waals surface area contributed by atoms with Gasteiger partial charge in [-0.2, -0.15) is 0 Å². The highest BCUT2D eigenvalue weighted by molar-refractivity contribution is 7.15. The molecule has 0 atom stereocenters. The average molecular weight is 373 g/mol. The SMILES string of the molecule is O=C(Nc1ncc(C2CCNCC2)s1)c1cc(Cl)cc2cccnc12. The minimum Gasteiger partial charge on any atom is -0.317 e. The topological polar surface area (TPSA) is 66.9 Å². The third-order valence-corrected chi connectivity index (χ3v) is 5.69. The summed E-state index contributed by atoms with van der Waals surface area (Å²) in [5.41, 5.74) is 1.10. The van der Waals surface area contributed by atoms with E-state index in [0.717, 1.165) is 31.3 Å². The van der Waals surface area contributed by atoms with E-state index in [1.54, 1.807) is 29.7 Å². The van der Waals surface area contributed by atoms with Crippen LogP contribution in [-0.4, -0.2) is 29.0 Å². The van der Waals surface area contributed by atoms with Crippen LogP contribution in [0.1, 0.15) is 34.0 Å². The zero-order valence-electron chi connectivity index (χ0n) is 13.5. The zero-order valence-corrected chi connectivity index (χ0v) is 15.0. The Hall–Kier alpha value is -2.02. The number of pyridine rings is 1. The molecule has 3 aromatic rings. The Morgan fingerprint density at radius 1 is 1.28 bits per heavy atom. The largest absolute Gasteiger partial charge is 0.317 e. The summed E-state index contributed by atoms with van der Waals surface area (Å²) in [5.74, 6) is 0.287. The third-order valence-electron chi connectivity index (χ3n) is 4.40. The van der Waals surface area contributed by atoms with Crippen molar-refractivity contribution in [2.75, 3.05) is 18.4 Å². The second-order valence-electron chi connectivity index (χ2n) is 6.07. The number of carbonyl (C=O) groups is 1. The lowest BCUT2D eigenvalue weighted by molar-refractivity contribution is 0.102. The highest BCUT2D eigenvalue weighted by Gasteiger charge is 2.19. The molecule has 7 heteroatoms. The van der Waals surface area contributed by atoms with E-state index in [-0.39, 0.29) is 5.91 Å². The van der Waals surface area contributed by atoms with Crippen molar-refractivity contribution < 1.29 is 4.79 Å². The van der Waals surface area contributed by atoms with Crippen molar-refractivity contribution in [1.29, 1.82) is 0 Å². The Morgan fingerprint density at radius 3 is 2.96 bits per heavy atom. The molecule has 1 aliphatic heterocycles. The van der Waals surface area contributed by atoms with Gasteiger partial charge in [0.05, 0.1) is 11.1 Å². The first-order valence-electron chi connectivity index (χ1n) is 8.23. The maximum absolute atomic E-state index is 12.7. The molecule has 0 unspecified atom stereocenters. The van der Waals surface area contributed by atoms with Gasteiger partial charge in [0.25, 0.3) is 5.91 Å². The molecule has 0 saturated carbocycles. The first-order valence-corrected chi connectivity index (χ1v) is 9.42. The van der Waals surface area contributed by atoms with Crippen LogP contribution in [0.25, 0.3) is 10.9 Å². The minimum atomic E-state index is -0.239. The molecule has 2 aromatic heterocycles. The fourth-order valence-electron chi connectivity index (χ4n) is 3.13. The Bertz CT molecular complexity index is 920. The molecule has 0 bridgehead atoms. The van der Waals surface area contributed by atoms with Crippen LogP contribution in [0.4, 0.5) is 5.13 Å². The van der Waals surface area contributed by atoms with Crippen molar-refractivity contribution in [3.8, 4) is 0 Å². The van der Waals surface area contributed by atoms with Crippen LogP contribution < -0.4 is 10.6 Å². The highest BCUT2D eigenvalue weighted by Crippen LogP contribution is 2.32. The molecule has 128 valence electrons. The average Bonchev–Trinajstić information content (AvgIpc) is 3.10. The molecule has 0 spiro atoms. The molecule has 5 nitrogen and oxygen atoms in total. The van der Waals surface area contributed by atoms with E-state index in [1.165, 1.54) is 4.88 Å². The molecule has 1 saturated heterocycles. The first kappa shape index (κ1) is 16.4. The lowest BCUT2D eigenvalue weighted by atomic mass is 9.97. The fourth-order valence-corrected chi connectivity index (χ4v) is 4.34. The van der Waals surface area contributed by atoms with Gasteiger partial charge in [0.15, 0.2) is 5.13 Å². The van der Waals surface area contributed by atoms with E-state index in [9.17, 15) is 4.79 Å². The molecule has 25 heavy (non-hydrogen) atoms. The molecule has 1 fully saturated rings. The summed E-state index contributed by atoms with van der Waals surface area (Å²) in [6.45, 7) is 2.06. The monoisotopic (exact) mass is 372 g/mol. The number of thiazole rings is 1. The highest BCUT2D eigenvalue weighted by atomic mass is 35.5. The summed E-state index contributed by atoms with van der Waals surface area (Å²) in [6, 6.07) is 7.17. The third kappa shape index (κ3) is 3.51. The van der Waals surface area contributed by atoms with Gasteiger partial charge in [-0.05, 0) is 50.0 Å². The van der Waals surface area contributed by atoms with Crippen molar-refractivity contribution in [1.82, 2.24) is 15.3 Å². The smallest absolute Gasteiger partial charge is 0.259 e. The van der Waals surface area contributed by atoms with Gasteiger partial charge in [-0.3, -0.25) is 15.1 Å².